The highest BCUT2D eigenvalue weighted by atomic mass is 16.6. The van der Waals surface area contributed by atoms with E-state index < -0.39 is 16.9 Å². The monoisotopic (exact) mass is 253 g/mol. The molecule has 0 fully saturated rings. The number of nitrogens with zero attached hydrogens (tertiary/aromatic N) is 2. The number of rotatable bonds is 4. The Balaban J connectivity index is 3.07. The summed E-state index contributed by atoms with van der Waals surface area (Å²) in [6.07, 6.45) is -0.682. The maximum atomic E-state index is 12.0. The number of hydrogen-bond acceptors (Lipinski definition) is 5. The predicted molar refractivity (Wildman–Crippen MR) is 66.2 cm³/mol. The fraction of sp³-hybridized carbons (Fsp3) is 0.364. The third kappa shape index (κ3) is 2.95. The van der Waals surface area contributed by atoms with E-state index in [-0.39, 0.29) is 23.5 Å². The van der Waals surface area contributed by atoms with Crippen molar-refractivity contribution in [3.63, 3.8) is 0 Å². The van der Waals surface area contributed by atoms with Crippen LogP contribution in [-0.2, 0) is 0 Å². The highest BCUT2D eigenvalue weighted by Gasteiger charge is 2.21. The Morgan fingerprint density at radius 1 is 1.61 bits per heavy atom. The Labute approximate surface area is 104 Å². The first-order valence-electron chi connectivity index (χ1n) is 5.31. The summed E-state index contributed by atoms with van der Waals surface area (Å²) in [7, 11) is 1.49. The summed E-state index contributed by atoms with van der Waals surface area (Å²) in [6.45, 7) is 1.67. The number of para-hydroxylation sites is 1. The molecular weight excluding hydrogens is 238 g/mol. The van der Waals surface area contributed by atoms with Crippen LogP contribution in [0, 0.1) is 10.1 Å². The van der Waals surface area contributed by atoms with Gasteiger partial charge >= 0.3 is 0 Å². The van der Waals surface area contributed by atoms with Crippen LogP contribution >= 0.6 is 0 Å². The first kappa shape index (κ1) is 13.9. The number of aliphatic hydroxyl groups excluding tert-OH is 1. The Hall–Kier alpha value is -2.15. The van der Waals surface area contributed by atoms with Crippen molar-refractivity contribution in [2.45, 2.75) is 13.0 Å². The van der Waals surface area contributed by atoms with Crippen molar-refractivity contribution in [2.75, 3.05) is 19.3 Å². The molecule has 1 amide bonds. The van der Waals surface area contributed by atoms with Gasteiger partial charge in [0, 0.05) is 19.7 Å². The van der Waals surface area contributed by atoms with E-state index in [4.69, 9.17) is 5.73 Å². The molecule has 3 N–H and O–H groups in total. The van der Waals surface area contributed by atoms with Gasteiger partial charge in [0.15, 0.2) is 0 Å². The van der Waals surface area contributed by atoms with Crippen molar-refractivity contribution in [1.29, 1.82) is 0 Å². The van der Waals surface area contributed by atoms with Crippen molar-refractivity contribution in [3.05, 3.63) is 33.9 Å². The van der Waals surface area contributed by atoms with Crippen molar-refractivity contribution in [2.24, 2.45) is 0 Å². The number of carbonyl (C=O) groups excluding carboxylic acids is 1. The number of hydrogen-bond donors (Lipinski definition) is 2. The minimum absolute atomic E-state index is 0.0624. The maximum absolute atomic E-state index is 12.0. The van der Waals surface area contributed by atoms with Crippen LogP contribution in [0.5, 0.6) is 0 Å². The first-order valence-corrected chi connectivity index (χ1v) is 5.31. The normalized spacial score (nSPS) is 11.9. The smallest absolute Gasteiger partial charge is 0.292 e. The van der Waals surface area contributed by atoms with E-state index >= 15 is 0 Å². The second-order valence-corrected chi connectivity index (χ2v) is 4.03. The van der Waals surface area contributed by atoms with Gasteiger partial charge in [-0.2, -0.15) is 0 Å². The van der Waals surface area contributed by atoms with Gasteiger partial charge in [-0.3, -0.25) is 14.9 Å². The van der Waals surface area contributed by atoms with E-state index in [1.807, 2.05) is 0 Å². The number of nitro groups is 1. The van der Waals surface area contributed by atoms with E-state index in [2.05, 4.69) is 0 Å². The lowest BCUT2D eigenvalue weighted by Crippen LogP contribution is -2.33. The van der Waals surface area contributed by atoms with E-state index in [1.165, 1.54) is 30.1 Å². The van der Waals surface area contributed by atoms with Gasteiger partial charge in [-0.15, -0.1) is 0 Å². The molecule has 1 aromatic carbocycles. The number of nitro benzene ring substituents is 1. The molecule has 0 aromatic heterocycles. The van der Waals surface area contributed by atoms with Crippen molar-refractivity contribution >= 4 is 17.3 Å². The number of benzene rings is 1. The van der Waals surface area contributed by atoms with Gasteiger partial charge in [-0.25, -0.2) is 0 Å². The van der Waals surface area contributed by atoms with Gasteiger partial charge in [0.05, 0.1) is 16.6 Å². The molecule has 0 radical (unpaired) electrons. The minimum atomic E-state index is -0.682. The fourth-order valence-corrected chi connectivity index (χ4v) is 1.58. The molecule has 18 heavy (non-hydrogen) atoms. The molecular formula is C11H15N3O4. The second kappa shape index (κ2) is 5.46. The number of nitrogen functional groups attached to an aromatic ring is 1. The Morgan fingerprint density at radius 2 is 2.22 bits per heavy atom. The molecule has 0 heterocycles. The van der Waals surface area contributed by atoms with Crippen LogP contribution in [0.1, 0.15) is 17.3 Å². The van der Waals surface area contributed by atoms with Crippen molar-refractivity contribution < 1.29 is 14.8 Å². The largest absolute Gasteiger partial charge is 0.393 e. The van der Waals surface area contributed by atoms with Gasteiger partial charge in [-0.05, 0) is 13.0 Å². The zero-order valence-corrected chi connectivity index (χ0v) is 10.2. The lowest BCUT2D eigenvalue weighted by Gasteiger charge is -2.19. The zero-order chi connectivity index (χ0) is 13.9. The Bertz CT molecular complexity index is 473. The topological polar surface area (TPSA) is 110 Å². The molecule has 7 heteroatoms. The van der Waals surface area contributed by atoms with Crippen LogP contribution in [0.25, 0.3) is 0 Å². The third-order valence-electron chi connectivity index (χ3n) is 2.39. The van der Waals surface area contributed by atoms with E-state index in [0.29, 0.717) is 0 Å². The van der Waals surface area contributed by atoms with E-state index in [9.17, 15) is 20.0 Å². The Kier molecular flexibility index (Phi) is 4.22. The number of amides is 1. The number of anilines is 1. The number of likely N-dealkylation sites (N-methyl/N-ethyl adjacent to an activating group) is 1. The van der Waals surface area contributed by atoms with E-state index in [1.54, 1.807) is 6.92 Å². The van der Waals surface area contributed by atoms with Crippen LogP contribution < -0.4 is 5.73 Å². The van der Waals surface area contributed by atoms with Crippen LogP contribution in [0.4, 0.5) is 11.4 Å². The zero-order valence-electron chi connectivity index (χ0n) is 10.2. The number of aliphatic hydroxyl groups is 1. The lowest BCUT2D eigenvalue weighted by molar-refractivity contribution is -0.383. The average molecular weight is 253 g/mol. The molecule has 1 aromatic rings. The van der Waals surface area contributed by atoms with Gasteiger partial charge in [0.25, 0.3) is 11.6 Å². The molecule has 0 aliphatic rings. The fourth-order valence-electron chi connectivity index (χ4n) is 1.58. The summed E-state index contributed by atoms with van der Waals surface area (Å²) < 4.78 is 0. The SMILES string of the molecule is CC(O)CN(C)C(=O)c1cccc([N+](=O)[O-])c1N. The summed E-state index contributed by atoms with van der Waals surface area (Å²) >= 11 is 0. The quantitative estimate of drug-likeness (QED) is 0.464. The average Bonchev–Trinajstić information content (AvgIpc) is 2.27. The van der Waals surface area contributed by atoms with Crippen molar-refractivity contribution in [3.8, 4) is 0 Å². The molecule has 0 aliphatic carbocycles. The summed E-state index contributed by atoms with van der Waals surface area (Å²) in [6, 6.07) is 4.06. The molecule has 1 atom stereocenters. The molecule has 0 aliphatic heterocycles. The molecule has 0 bridgehead atoms. The summed E-state index contributed by atoms with van der Waals surface area (Å²) in [5.74, 6) is -0.461. The standard InChI is InChI=1S/C11H15N3O4/c1-7(15)6-13(2)11(16)8-4-3-5-9(10(8)12)14(17)18/h3-5,7,15H,6,12H2,1-2H3. The van der Waals surface area contributed by atoms with Crippen LogP contribution in [0.3, 0.4) is 0 Å². The highest BCUT2D eigenvalue weighted by Crippen LogP contribution is 2.25. The van der Waals surface area contributed by atoms with Crippen LogP contribution in [-0.4, -0.2) is 40.5 Å². The molecule has 0 saturated heterocycles. The lowest BCUT2D eigenvalue weighted by atomic mass is 10.1. The minimum Gasteiger partial charge on any atom is -0.393 e. The maximum Gasteiger partial charge on any atom is 0.292 e. The molecule has 0 saturated carbocycles. The summed E-state index contributed by atoms with van der Waals surface area (Å²) in [5, 5.41) is 19.9. The first-order chi connectivity index (χ1) is 8.34. The number of nitrogens with two attached hydrogens (primary N) is 1. The second-order valence-electron chi connectivity index (χ2n) is 4.03. The summed E-state index contributed by atoms with van der Waals surface area (Å²) in [4.78, 5) is 23.3. The predicted octanol–water partition coefficient (Wildman–Crippen LogP) is 0.630. The van der Waals surface area contributed by atoms with Crippen LogP contribution in [0.15, 0.2) is 18.2 Å². The van der Waals surface area contributed by atoms with Gasteiger partial charge in [-0.1, -0.05) is 6.07 Å². The van der Waals surface area contributed by atoms with Gasteiger partial charge < -0.3 is 15.7 Å². The summed E-state index contributed by atoms with van der Waals surface area (Å²) in [5.41, 5.74) is 5.20. The molecule has 1 rings (SSSR count). The molecule has 7 nitrogen and oxygen atoms in total. The van der Waals surface area contributed by atoms with E-state index in [0.717, 1.165) is 0 Å². The molecule has 1 unspecified atom stereocenters. The highest BCUT2D eigenvalue weighted by molar-refractivity contribution is 6.00. The Morgan fingerprint density at radius 3 is 2.72 bits per heavy atom. The molecule has 0 spiro atoms. The van der Waals surface area contributed by atoms with Gasteiger partial charge in [0.1, 0.15) is 5.69 Å². The third-order valence-corrected chi connectivity index (χ3v) is 2.39. The van der Waals surface area contributed by atoms with Crippen molar-refractivity contribution in [1.82, 2.24) is 4.90 Å². The van der Waals surface area contributed by atoms with Gasteiger partial charge in [0.2, 0.25) is 0 Å². The van der Waals surface area contributed by atoms with Crippen LogP contribution in [0.2, 0.25) is 0 Å². The molecule has 98 valence electrons. The number of carbonyl (C=O) groups is 1.